The lowest BCUT2D eigenvalue weighted by Crippen LogP contribution is -2.01. The summed E-state index contributed by atoms with van der Waals surface area (Å²) in [6.07, 6.45) is 0. The van der Waals surface area contributed by atoms with Gasteiger partial charge in [-0.3, -0.25) is 0 Å². The van der Waals surface area contributed by atoms with Crippen molar-refractivity contribution < 1.29 is 9.90 Å². The van der Waals surface area contributed by atoms with Crippen LogP contribution in [-0.2, 0) is 0 Å². The molecule has 1 N–H and O–H groups in total. The van der Waals surface area contributed by atoms with Gasteiger partial charge in [-0.2, -0.15) is 0 Å². The van der Waals surface area contributed by atoms with E-state index < -0.39 is 5.97 Å². The van der Waals surface area contributed by atoms with E-state index in [1.54, 1.807) is 18.2 Å². The van der Waals surface area contributed by atoms with Gasteiger partial charge in [0, 0.05) is 10.6 Å². The van der Waals surface area contributed by atoms with E-state index in [-0.39, 0.29) is 20.6 Å². The van der Waals surface area contributed by atoms with Gasteiger partial charge in [0.2, 0.25) is 0 Å². The molecule has 0 aromatic heterocycles. The molecule has 2 aromatic carbocycles. The minimum atomic E-state index is -1.15. The van der Waals surface area contributed by atoms with Crippen LogP contribution in [-0.4, -0.2) is 11.1 Å². The highest BCUT2D eigenvalue weighted by Crippen LogP contribution is 2.39. The number of aromatic carboxylic acids is 1. The summed E-state index contributed by atoms with van der Waals surface area (Å²) in [7, 11) is 0. The van der Waals surface area contributed by atoms with Gasteiger partial charge in [-0.1, -0.05) is 58.5 Å². The molecule has 6 heteroatoms. The van der Waals surface area contributed by atoms with Crippen LogP contribution in [0.25, 0.3) is 11.1 Å². The molecular formula is C13H6Cl4O2. The van der Waals surface area contributed by atoms with Gasteiger partial charge in [0.1, 0.15) is 0 Å². The predicted octanol–water partition coefficient (Wildman–Crippen LogP) is 5.67. The Morgan fingerprint density at radius 1 is 0.947 bits per heavy atom. The molecule has 0 aliphatic carbocycles. The van der Waals surface area contributed by atoms with E-state index in [0.717, 1.165) is 0 Å². The highest BCUT2D eigenvalue weighted by Gasteiger charge is 2.19. The second kappa shape index (κ2) is 5.59. The number of benzene rings is 2. The van der Waals surface area contributed by atoms with Crippen LogP contribution in [0.15, 0.2) is 30.3 Å². The minimum Gasteiger partial charge on any atom is -0.478 e. The van der Waals surface area contributed by atoms with Gasteiger partial charge < -0.3 is 5.11 Å². The van der Waals surface area contributed by atoms with Gasteiger partial charge in [-0.05, 0) is 23.8 Å². The van der Waals surface area contributed by atoms with Crippen molar-refractivity contribution in [1.82, 2.24) is 0 Å². The summed E-state index contributed by atoms with van der Waals surface area (Å²) in [6.45, 7) is 0. The molecule has 0 atom stereocenters. The molecule has 2 rings (SSSR count). The quantitative estimate of drug-likeness (QED) is 0.718. The van der Waals surface area contributed by atoms with Crippen LogP contribution in [0.5, 0.6) is 0 Å². The van der Waals surface area contributed by atoms with Crippen molar-refractivity contribution in [2.45, 2.75) is 0 Å². The van der Waals surface area contributed by atoms with Crippen LogP contribution in [0.2, 0.25) is 20.1 Å². The standard InChI is InChI=1S/C13H6Cl4O2/c14-6-4-8(12(17)10(16)5-6)7-2-1-3-9(15)11(7)13(18)19/h1-5H,(H,18,19). The van der Waals surface area contributed by atoms with Crippen molar-refractivity contribution in [2.75, 3.05) is 0 Å². The Morgan fingerprint density at radius 2 is 1.63 bits per heavy atom. The zero-order chi connectivity index (χ0) is 14.2. The number of hydrogen-bond acceptors (Lipinski definition) is 1. The van der Waals surface area contributed by atoms with Gasteiger partial charge in [0.25, 0.3) is 0 Å². The SMILES string of the molecule is O=C(O)c1c(Cl)cccc1-c1cc(Cl)cc(Cl)c1Cl. The summed E-state index contributed by atoms with van der Waals surface area (Å²) in [5.74, 6) is -1.15. The summed E-state index contributed by atoms with van der Waals surface area (Å²) in [5.41, 5.74) is 0.762. The molecule has 0 heterocycles. The Bertz CT molecular complexity index is 668. The van der Waals surface area contributed by atoms with Crippen LogP contribution in [0.4, 0.5) is 0 Å². The maximum absolute atomic E-state index is 11.3. The van der Waals surface area contributed by atoms with Crippen molar-refractivity contribution in [3.63, 3.8) is 0 Å². The molecule has 2 aromatic rings. The molecule has 19 heavy (non-hydrogen) atoms. The number of carbonyl (C=O) groups is 1. The second-order valence-electron chi connectivity index (χ2n) is 3.72. The average molecular weight is 336 g/mol. The van der Waals surface area contributed by atoms with Crippen LogP contribution in [0, 0.1) is 0 Å². The van der Waals surface area contributed by atoms with Crippen molar-refractivity contribution in [2.24, 2.45) is 0 Å². The Morgan fingerprint density at radius 3 is 2.26 bits per heavy atom. The number of hydrogen-bond donors (Lipinski definition) is 1. The lowest BCUT2D eigenvalue weighted by atomic mass is 9.99. The number of rotatable bonds is 2. The molecule has 0 amide bonds. The zero-order valence-corrected chi connectivity index (χ0v) is 12.3. The number of carboxylic acids is 1. The summed E-state index contributed by atoms with van der Waals surface area (Å²) >= 11 is 23.9. The molecule has 0 saturated carbocycles. The Balaban J connectivity index is 2.80. The third-order valence-corrected chi connectivity index (χ3v) is 3.85. The molecule has 0 aliphatic heterocycles. The van der Waals surface area contributed by atoms with Gasteiger partial charge >= 0.3 is 5.97 Å². The van der Waals surface area contributed by atoms with Crippen LogP contribution in [0.1, 0.15) is 10.4 Å². The first-order chi connectivity index (χ1) is 8.91. The van der Waals surface area contributed by atoms with E-state index in [2.05, 4.69) is 0 Å². The van der Waals surface area contributed by atoms with Crippen LogP contribution in [0.3, 0.4) is 0 Å². The molecule has 0 fully saturated rings. The smallest absolute Gasteiger partial charge is 0.337 e. The molecule has 98 valence electrons. The van der Waals surface area contributed by atoms with Gasteiger partial charge in [-0.25, -0.2) is 4.79 Å². The van der Waals surface area contributed by atoms with E-state index in [4.69, 9.17) is 46.4 Å². The summed E-state index contributed by atoms with van der Waals surface area (Å²) in [6, 6.07) is 7.76. The lowest BCUT2D eigenvalue weighted by Gasteiger charge is -2.11. The Hall–Kier alpha value is -0.930. The normalized spacial score (nSPS) is 10.5. The van der Waals surface area contributed by atoms with Crippen molar-refractivity contribution in [3.8, 4) is 11.1 Å². The highest BCUT2D eigenvalue weighted by molar-refractivity contribution is 6.45. The molecule has 0 aliphatic rings. The molecule has 0 bridgehead atoms. The first-order valence-electron chi connectivity index (χ1n) is 5.08. The molecule has 0 saturated heterocycles. The zero-order valence-electron chi connectivity index (χ0n) is 9.25. The van der Waals surface area contributed by atoms with Crippen LogP contribution >= 0.6 is 46.4 Å². The van der Waals surface area contributed by atoms with E-state index in [1.807, 2.05) is 0 Å². The first kappa shape index (κ1) is 14.5. The fraction of sp³-hybridized carbons (Fsp3) is 0. The molecule has 0 spiro atoms. The second-order valence-corrected chi connectivity index (χ2v) is 5.35. The fourth-order valence-electron chi connectivity index (χ4n) is 1.72. The van der Waals surface area contributed by atoms with E-state index in [0.29, 0.717) is 16.1 Å². The summed E-state index contributed by atoms with van der Waals surface area (Å²) < 4.78 is 0. The average Bonchev–Trinajstić information content (AvgIpc) is 2.33. The maximum atomic E-state index is 11.3. The van der Waals surface area contributed by atoms with Gasteiger partial charge in [0.15, 0.2) is 0 Å². The van der Waals surface area contributed by atoms with E-state index in [1.165, 1.54) is 12.1 Å². The molecule has 0 radical (unpaired) electrons. The van der Waals surface area contributed by atoms with Gasteiger partial charge in [0.05, 0.1) is 20.6 Å². The third kappa shape index (κ3) is 2.82. The van der Waals surface area contributed by atoms with Crippen molar-refractivity contribution in [1.29, 1.82) is 0 Å². The topological polar surface area (TPSA) is 37.3 Å². The number of halogens is 4. The summed E-state index contributed by atoms with van der Waals surface area (Å²) in [4.78, 5) is 11.3. The Labute approximate surface area is 129 Å². The lowest BCUT2D eigenvalue weighted by molar-refractivity contribution is 0.0698. The van der Waals surface area contributed by atoms with E-state index in [9.17, 15) is 9.90 Å². The highest BCUT2D eigenvalue weighted by atomic mass is 35.5. The maximum Gasteiger partial charge on any atom is 0.337 e. The molecule has 0 unspecified atom stereocenters. The molecule has 2 nitrogen and oxygen atoms in total. The fourth-order valence-corrected chi connectivity index (χ4v) is 2.68. The third-order valence-electron chi connectivity index (χ3n) is 2.51. The molecular weight excluding hydrogens is 330 g/mol. The first-order valence-corrected chi connectivity index (χ1v) is 6.59. The van der Waals surface area contributed by atoms with Crippen molar-refractivity contribution in [3.05, 3.63) is 56.0 Å². The largest absolute Gasteiger partial charge is 0.478 e. The van der Waals surface area contributed by atoms with Crippen LogP contribution < -0.4 is 0 Å². The number of carboxylic acid groups (broad SMARTS) is 1. The Kier molecular flexibility index (Phi) is 4.26. The van der Waals surface area contributed by atoms with Gasteiger partial charge in [-0.15, -0.1) is 0 Å². The monoisotopic (exact) mass is 334 g/mol. The van der Waals surface area contributed by atoms with E-state index >= 15 is 0 Å². The minimum absolute atomic E-state index is 0.0376. The summed E-state index contributed by atoms with van der Waals surface area (Å²) in [5, 5.41) is 10.2. The van der Waals surface area contributed by atoms with Crippen molar-refractivity contribution >= 4 is 52.4 Å². The predicted molar refractivity (Wildman–Crippen MR) is 78.9 cm³/mol.